The van der Waals surface area contributed by atoms with E-state index in [0.29, 0.717) is 26.2 Å². The summed E-state index contributed by atoms with van der Waals surface area (Å²) in [4.78, 5) is 24.7. The first-order valence-electron chi connectivity index (χ1n) is 6.93. The first kappa shape index (κ1) is 14.8. The van der Waals surface area contributed by atoms with E-state index in [9.17, 15) is 14.7 Å². The molecular formula is C14H21NO5. The maximum atomic E-state index is 12.1. The fourth-order valence-corrected chi connectivity index (χ4v) is 3.02. The third-order valence-electron chi connectivity index (χ3n) is 4.23. The van der Waals surface area contributed by atoms with Gasteiger partial charge in [0.05, 0.1) is 0 Å². The smallest absolute Gasteiger partial charge is 0.410 e. The predicted octanol–water partition coefficient (Wildman–Crippen LogP) is 1.65. The average Bonchev–Trinajstić information content (AvgIpc) is 2.45. The maximum Gasteiger partial charge on any atom is 0.410 e. The van der Waals surface area contributed by atoms with Gasteiger partial charge >= 0.3 is 12.1 Å². The third kappa shape index (κ3) is 3.12. The van der Waals surface area contributed by atoms with Crippen molar-refractivity contribution in [3.05, 3.63) is 12.7 Å². The lowest BCUT2D eigenvalue weighted by molar-refractivity contribution is -0.146. The van der Waals surface area contributed by atoms with Crippen LogP contribution in [0, 0.1) is 5.41 Å². The number of rotatable bonds is 3. The lowest BCUT2D eigenvalue weighted by Crippen LogP contribution is -2.55. The van der Waals surface area contributed by atoms with Gasteiger partial charge in [0.1, 0.15) is 12.6 Å². The first-order chi connectivity index (χ1) is 9.58. The highest BCUT2D eigenvalue weighted by atomic mass is 16.6. The van der Waals surface area contributed by atoms with Crippen molar-refractivity contribution in [2.24, 2.45) is 5.41 Å². The lowest BCUT2D eigenvalue weighted by atomic mass is 9.72. The summed E-state index contributed by atoms with van der Waals surface area (Å²) < 4.78 is 10.4. The number of carbonyl (C=O) groups is 2. The van der Waals surface area contributed by atoms with Gasteiger partial charge in [-0.25, -0.2) is 9.59 Å². The van der Waals surface area contributed by atoms with Crippen molar-refractivity contribution in [1.82, 2.24) is 4.90 Å². The summed E-state index contributed by atoms with van der Waals surface area (Å²) in [6.07, 6.45) is 3.93. The number of carbonyl (C=O) groups excluding carboxylic acids is 1. The minimum absolute atomic E-state index is 0.0165. The molecule has 2 aliphatic rings. The van der Waals surface area contributed by atoms with E-state index in [-0.39, 0.29) is 12.0 Å². The van der Waals surface area contributed by atoms with Gasteiger partial charge in [-0.3, -0.25) is 4.90 Å². The van der Waals surface area contributed by atoms with Crippen LogP contribution in [-0.4, -0.2) is 54.5 Å². The summed E-state index contributed by atoms with van der Waals surface area (Å²) in [5.41, 5.74) is -0.0165. The Balaban J connectivity index is 2.10. The van der Waals surface area contributed by atoms with Crippen LogP contribution in [0.2, 0.25) is 0 Å². The van der Waals surface area contributed by atoms with Crippen LogP contribution < -0.4 is 0 Å². The average molecular weight is 283 g/mol. The Morgan fingerprint density at radius 3 is 2.70 bits per heavy atom. The molecule has 0 aromatic rings. The molecule has 1 amide bonds. The second-order valence-electron chi connectivity index (χ2n) is 5.50. The highest BCUT2D eigenvalue weighted by Crippen LogP contribution is 2.41. The highest BCUT2D eigenvalue weighted by Gasteiger charge is 2.45. The number of piperidine rings is 1. The zero-order chi connectivity index (χ0) is 14.6. The summed E-state index contributed by atoms with van der Waals surface area (Å²) in [6.45, 7) is 5.36. The summed E-state index contributed by atoms with van der Waals surface area (Å²) in [7, 11) is 0. The monoisotopic (exact) mass is 283 g/mol. The molecule has 0 bridgehead atoms. The number of nitrogens with zero attached hydrogens (tertiary/aromatic N) is 1. The molecule has 0 radical (unpaired) electrons. The maximum absolute atomic E-state index is 12.1. The van der Waals surface area contributed by atoms with Gasteiger partial charge in [-0.1, -0.05) is 12.7 Å². The van der Waals surface area contributed by atoms with Crippen molar-refractivity contribution >= 4 is 12.1 Å². The molecule has 0 aromatic carbocycles. The molecule has 1 spiro atoms. The van der Waals surface area contributed by atoms with Gasteiger partial charge in [0, 0.05) is 19.8 Å². The van der Waals surface area contributed by atoms with Gasteiger partial charge in [-0.2, -0.15) is 0 Å². The fourth-order valence-electron chi connectivity index (χ4n) is 3.02. The van der Waals surface area contributed by atoms with E-state index in [1.54, 1.807) is 0 Å². The lowest BCUT2D eigenvalue weighted by Gasteiger charge is -2.46. The minimum Gasteiger partial charge on any atom is -0.480 e. The fraction of sp³-hybridized carbons (Fsp3) is 0.714. The van der Waals surface area contributed by atoms with Crippen molar-refractivity contribution in [2.45, 2.75) is 31.7 Å². The van der Waals surface area contributed by atoms with Crippen LogP contribution in [0.4, 0.5) is 4.79 Å². The Labute approximate surface area is 118 Å². The van der Waals surface area contributed by atoms with E-state index in [2.05, 4.69) is 6.58 Å². The van der Waals surface area contributed by atoms with Crippen LogP contribution >= 0.6 is 0 Å². The topological polar surface area (TPSA) is 76.1 Å². The van der Waals surface area contributed by atoms with E-state index in [4.69, 9.17) is 9.47 Å². The Hall–Kier alpha value is -1.56. The number of likely N-dealkylation sites (tertiary alicyclic amines) is 1. The molecule has 6 heteroatoms. The number of ether oxygens (including phenoxy) is 2. The van der Waals surface area contributed by atoms with Crippen LogP contribution in [0.25, 0.3) is 0 Å². The number of carboxylic acids is 1. The van der Waals surface area contributed by atoms with Gasteiger partial charge in [0.15, 0.2) is 0 Å². The van der Waals surface area contributed by atoms with Crippen molar-refractivity contribution in [3.63, 3.8) is 0 Å². The number of hydrogen-bond donors (Lipinski definition) is 1. The molecule has 2 rings (SSSR count). The molecule has 1 unspecified atom stereocenters. The quantitative estimate of drug-likeness (QED) is 0.797. The molecule has 112 valence electrons. The van der Waals surface area contributed by atoms with Gasteiger partial charge in [0.2, 0.25) is 0 Å². The molecular weight excluding hydrogens is 262 g/mol. The van der Waals surface area contributed by atoms with E-state index in [1.165, 1.54) is 11.0 Å². The molecule has 2 saturated heterocycles. The molecule has 2 aliphatic heterocycles. The molecule has 1 N–H and O–H groups in total. The molecule has 0 aliphatic carbocycles. The molecule has 0 aromatic heterocycles. The third-order valence-corrected chi connectivity index (χ3v) is 4.23. The minimum atomic E-state index is -0.970. The first-order valence-corrected chi connectivity index (χ1v) is 6.93. The van der Waals surface area contributed by atoms with Gasteiger partial charge in [-0.15, -0.1) is 0 Å². The van der Waals surface area contributed by atoms with E-state index in [1.807, 2.05) is 0 Å². The molecule has 2 heterocycles. The van der Waals surface area contributed by atoms with Crippen LogP contribution in [0.5, 0.6) is 0 Å². The molecule has 2 fully saturated rings. The summed E-state index contributed by atoms with van der Waals surface area (Å²) >= 11 is 0. The Morgan fingerprint density at radius 1 is 1.40 bits per heavy atom. The van der Waals surface area contributed by atoms with Crippen molar-refractivity contribution in [2.75, 3.05) is 26.4 Å². The largest absolute Gasteiger partial charge is 0.480 e. The zero-order valence-corrected chi connectivity index (χ0v) is 11.5. The Morgan fingerprint density at radius 2 is 2.10 bits per heavy atom. The normalized spacial score (nSPS) is 25.2. The second-order valence-corrected chi connectivity index (χ2v) is 5.50. The van der Waals surface area contributed by atoms with Crippen LogP contribution in [-0.2, 0) is 14.3 Å². The van der Waals surface area contributed by atoms with Crippen molar-refractivity contribution in [3.8, 4) is 0 Å². The number of aliphatic carboxylic acids is 1. The van der Waals surface area contributed by atoms with Crippen LogP contribution in [0.3, 0.4) is 0 Å². The van der Waals surface area contributed by atoms with Crippen molar-refractivity contribution in [1.29, 1.82) is 0 Å². The van der Waals surface area contributed by atoms with Gasteiger partial charge in [-0.05, 0) is 31.1 Å². The number of carboxylic acid groups (broad SMARTS) is 1. The predicted molar refractivity (Wildman–Crippen MR) is 71.4 cm³/mol. The van der Waals surface area contributed by atoms with E-state index < -0.39 is 18.1 Å². The molecule has 0 saturated carbocycles. The van der Waals surface area contributed by atoms with Gasteiger partial charge < -0.3 is 14.6 Å². The SMILES string of the molecule is C=CCOC(=O)N1CC2(CCOCC2)CCC1C(=O)O. The van der Waals surface area contributed by atoms with E-state index >= 15 is 0 Å². The van der Waals surface area contributed by atoms with Crippen LogP contribution in [0.15, 0.2) is 12.7 Å². The van der Waals surface area contributed by atoms with Gasteiger partial charge in [0.25, 0.3) is 0 Å². The number of hydrogen-bond acceptors (Lipinski definition) is 4. The Bertz CT molecular complexity index is 389. The number of amides is 1. The van der Waals surface area contributed by atoms with Crippen molar-refractivity contribution < 1.29 is 24.2 Å². The van der Waals surface area contributed by atoms with E-state index in [0.717, 1.165) is 19.3 Å². The summed E-state index contributed by atoms with van der Waals surface area (Å²) in [5.74, 6) is -0.970. The molecule has 1 atom stereocenters. The molecule has 20 heavy (non-hydrogen) atoms. The zero-order valence-electron chi connectivity index (χ0n) is 11.5. The Kier molecular flexibility index (Phi) is 4.65. The summed E-state index contributed by atoms with van der Waals surface area (Å²) in [6, 6.07) is -0.791. The van der Waals surface area contributed by atoms with Crippen LogP contribution in [0.1, 0.15) is 25.7 Å². The molecule has 6 nitrogen and oxygen atoms in total. The second kappa shape index (κ2) is 6.26. The standard InChI is InChI=1S/C14H21NO5/c1-2-7-20-13(18)15-10-14(5-8-19-9-6-14)4-3-11(15)12(16)17/h2,11H,1,3-10H2,(H,16,17). The highest BCUT2D eigenvalue weighted by molar-refractivity contribution is 5.80. The summed E-state index contributed by atoms with van der Waals surface area (Å²) in [5, 5.41) is 9.28.